The van der Waals surface area contributed by atoms with Gasteiger partial charge in [-0.25, -0.2) is 5.48 Å². The zero-order valence-corrected chi connectivity index (χ0v) is 4.59. The lowest BCUT2D eigenvalue weighted by Crippen LogP contribution is -2.27. The maximum Gasteiger partial charge on any atom is 0.248 e. The molecule has 4 nitrogen and oxygen atoms in total. The second-order valence-corrected chi connectivity index (χ2v) is 1.56. The van der Waals surface area contributed by atoms with Crippen LogP contribution in [0.5, 0.6) is 0 Å². The molecule has 0 aliphatic carbocycles. The normalized spacial score (nSPS) is 12.9. The molecular formula is C4H9NO3. The van der Waals surface area contributed by atoms with Crippen LogP contribution in [0.1, 0.15) is 6.92 Å². The van der Waals surface area contributed by atoms with Gasteiger partial charge in [0.25, 0.3) is 0 Å². The van der Waals surface area contributed by atoms with Crippen molar-refractivity contribution in [2.75, 3.05) is 6.61 Å². The average molecular weight is 119 g/mol. The second kappa shape index (κ2) is 3.40. The van der Waals surface area contributed by atoms with Crippen molar-refractivity contribution in [1.29, 1.82) is 0 Å². The number of aliphatic hydroxyl groups excluding tert-OH is 1. The molecular weight excluding hydrogens is 110 g/mol. The molecule has 4 heteroatoms. The second-order valence-electron chi connectivity index (χ2n) is 1.56. The molecule has 0 saturated carbocycles. The van der Waals surface area contributed by atoms with Crippen molar-refractivity contribution in [1.82, 2.24) is 5.48 Å². The number of rotatable bonds is 2. The summed E-state index contributed by atoms with van der Waals surface area (Å²) in [5.74, 6) is -1.09. The molecule has 0 spiro atoms. The largest absolute Gasteiger partial charge is 0.396 e. The van der Waals surface area contributed by atoms with E-state index in [-0.39, 0.29) is 6.61 Å². The molecule has 0 saturated heterocycles. The van der Waals surface area contributed by atoms with Crippen molar-refractivity contribution < 1.29 is 15.1 Å². The minimum absolute atomic E-state index is 0.244. The van der Waals surface area contributed by atoms with Crippen molar-refractivity contribution in [2.45, 2.75) is 6.92 Å². The van der Waals surface area contributed by atoms with E-state index in [4.69, 9.17) is 10.3 Å². The first-order valence-electron chi connectivity index (χ1n) is 2.27. The summed E-state index contributed by atoms with van der Waals surface area (Å²) in [5, 5.41) is 16.2. The van der Waals surface area contributed by atoms with Gasteiger partial charge >= 0.3 is 0 Å². The van der Waals surface area contributed by atoms with Gasteiger partial charge < -0.3 is 5.11 Å². The van der Waals surface area contributed by atoms with Crippen LogP contribution in [-0.4, -0.2) is 22.8 Å². The van der Waals surface area contributed by atoms with E-state index in [0.717, 1.165) is 0 Å². The van der Waals surface area contributed by atoms with E-state index in [1.54, 1.807) is 0 Å². The van der Waals surface area contributed by atoms with Crippen LogP contribution in [0.4, 0.5) is 0 Å². The van der Waals surface area contributed by atoms with Gasteiger partial charge in [0.2, 0.25) is 5.91 Å². The van der Waals surface area contributed by atoms with Crippen molar-refractivity contribution in [2.24, 2.45) is 5.92 Å². The first kappa shape index (κ1) is 7.39. The molecule has 1 unspecified atom stereocenters. The van der Waals surface area contributed by atoms with Crippen LogP contribution >= 0.6 is 0 Å². The van der Waals surface area contributed by atoms with Crippen LogP contribution in [0.15, 0.2) is 0 Å². The van der Waals surface area contributed by atoms with Gasteiger partial charge in [-0.3, -0.25) is 10.0 Å². The van der Waals surface area contributed by atoms with Crippen LogP contribution in [0, 0.1) is 5.92 Å². The van der Waals surface area contributed by atoms with Crippen molar-refractivity contribution >= 4 is 5.91 Å². The van der Waals surface area contributed by atoms with Crippen LogP contribution < -0.4 is 5.48 Å². The smallest absolute Gasteiger partial charge is 0.248 e. The van der Waals surface area contributed by atoms with Crippen molar-refractivity contribution in [3.8, 4) is 0 Å². The molecule has 8 heavy (non-hydrogen) atoms. The number of hydrogen-bond donors (Lipinski definition) is 3. The summed E-state index contributed by atoms with van der Waals surface area (Å²) in [5.41, 5.74) is 1.42. The van der Waals surface area contributed by atoms with Gasteiger partial charge in [-0.1, -0.05) is 6.92 Å². The third-order valence-electron chi connectivity index (χ3n) is 0.832. The molecule has 48 valence electrons. The highest BCUT2D eigenvalue weighted by Gasteiger charge is 2.08. The molecule has 0 rings (SSSR count). The molecule has 0 radical (unpaired) electrons. The molecule has 0 aliphatic rings. The topological polar surface area (TPSA) is 69.6 Å². The Morgan fingerprint density at radius 1 is 1.88 bits per heavy atom. The molecule has 0 aliphatic heterocycles. The van der Waals surface area contributed by atoms with E-state index >= 15 is 0 Å². The fraction of sp³-hybridized carbons (Fsp3) is 0.750. The van der Waals surface area contributed by atoms with E-state index in [9.17, 15) is 4.79 Å². The fourth-order valence-corrected chi connectivity index (χ4v) is 0.193. The summed E-state index contributed by atoms with van der Waals surface area (Å²) in [6, 6.07) is 0. The number of hydrogen-bond acceptors (Lipinski definition) is 3. The lowest BCUT2D eigenvalue weighted by Gasteiger charge is -2.01. The van der Waals surface area contributed by atoms with E-state index in [1.165, 1.54) is 12.4 Å². The van der Waals surface area contributed by atoms with Gasteiger partial charge in [0.1, 0.15) is 0 Å². The summed E-state index contributed by atoms with van der Waals surface area (Å²) in [7, 11) is 0. The molecule has 0 aromatic carbocycles. The Bertz CT molecular complexity index is 83.4. The van der Waals surface area contributed by atoms with Gasteiger partial charge in [-0.05, 0) is 0 Å². The predicted octanol–water partition coefficient (Wildman–Crippen LogP) is -0.880. The standard InChI is InChI=1S/C4H9NO3/c1-3(2-6)4(7)5-8/h3,6,8H,2H2,1H3,(H,5,7). The number of nitrogens with one attached hydrogen (secondary N) is 1. The highest BCUT2D eigenvalue weighted by atomic mass is 16.5. The summed E-state index contributed by atoms with van der Waals surface area (Å²) in [4.78, 5) is 10.2. The summed E-state index contributed by atoms with van der Waals surface area (Å²) in [6.45, 7) is 1.26. The van der Waals surface area contributed by atoms with E-state index < -0.39 is 11.8 Å². The summed E-state index contributed by atoms with van der Waals surface area (Å²) >= 11 is 0. The number of carbonyl (C=O) groups is 1. The number of amides is 1. The Hall–Kier alpha value is -0.610. The van der Waals surface area contributed by atoms with Gasteiger partial charge in [-0.15, -0.1) is 0 Å². The summed E-state index contributed by atoms with van der Waals surface area (Å²) < 4.78 is 0. The quantitative estimate of drug-likeness (QED) is 0.326. The van der Waals surface area contributed by atoms with Crippen LogP contribution in [0.3, 0.4) is 0 Å². The van der Waals surface area contributed by atoms with E-state index in [2.05, 4.69) is 0 Å². The predicted molar refractivity (Wildman–Crippen MR) is 26.2 cm³/mol. The lowest BCUT2D eigenvalue weighted by atomic mass is 10.2. The zero-order chi connectivity index (χ0) is 6.57. The number of carbonyl (C=O) groups excluding carboxylic acids is 1. The zero-order valence-electron chi connectivity index (χ0n) is 4.59. The third kappa shape index (κ3) is 1.90. The molecule has 0 fully saturated rings. The van der Waals surface area contributed by atoms with Crippen molar-refractivity contribution in [3.05, 3.63) is 0 Å². The molecule has 0 aromatic heterocycles. The average Bonchev–Trinajstić information content (AvgIpc) is 1.84. The first-order chi connectivity index (χ1) is 3.72. The first-order valence-corrected chi connectivity index (χ1v) is 2.27. The van der Waals surface area contributed by atoms with Gasteiger partial charge in [0.05, 0.1) is 12.5 Å². The molecule has 0 bridgehead atoms. The molecule has 1 atom stereocenters. The molecule has 0 aromatic rings. The Kier molecular flexibility index (Phi) is 3.14. The maximum atomic E-state index is 10.2. The lowest BCUT2D eigenvalue weighted by molar-refractivity contribution is -0.133. The van der Waals surface area contributed by atoms with E-state index in [1.807, 2.05) is 0 Å². The minimum atomic E-state index is -0.562. The third-order valence-corrected chi connectivity index (χ3v) is 0.832. The van der Waals surface area contributed by atoms with Crippen LogP contribution in [0.2, 0.25) is 0 Å². The Labute approximate surface area is 47.1 Å². The van der Waals surface area contributed by atoms with Gasteiger partial charge in [-0.2, -0.15) is 0 Å². The van der Waals surface area contributed by atoms with Crippen molar-refractivity contribution in [3.63, 3.8) is 0 Å². The Balaban J connectivity index is 3.46. The monoisotopic (exact) mass is 119 g/mol. The molecule has 3 N–H and O–H groups in total. The highest BCUT2D eigenvalue weighted by molar-refractivity contribution is 5.76. The van der Waals surface area contributed by atoms with Crippen LogP contribution in [0.25, 0.3) is 0 Å². The molecule has 0 heterocycles. The Morgan fingerprint density at radius 3 is 2.50 bits per heavy atom. The maximum absolute atomic E-state index is 10.2. The van der Waals surface area contributed by atoms with Gasteiger partial charge in [0, 0.05) is 0 Å². The summed E-state index contributed by atoms with van der Waals surface area (Å²) in [6.07, 6.45) is 0. The Morgan fingerprint density at radius 2 is 2.38 bits per heavy atom. The van der Waals surface area contributed by atoms with Crippen LogP contribution in [-0.2, 0) is 4.79 Å². The van der Waals surface area contributed by atoms with Gasteiger partial charge in [0.15, 0.2) is 0 Å². The SMILES string of the molecule is CC(CO)C(=O)NO. The molecule has 1 amide bonds. The minimum Gasteiger partial charge on any atom is -0.396 e. The number of hydroxylamine groups is 1. The fourth-order valence-electron chi connectivity index (χ4n) is 0.193. The highest BCUT2D eigenvalue weighted by Crippen LogP contribution is 1.89. The van der Waals surface area contributed by atoms with E-state index in [0.29, 0.717) is 0 Å². The number of aliphatic hydroxyl groups is 1.